The molecule has 3 amide bonds. The molecule has 6 heteroatoms. The zero-order chi connectivity index (χ0) is 20.1. The molecule has 0 saturated carbocycles. The van der Waals surface area contributed by atoms with Gasteiger partial charge in [0.25, 0.3) is 5.91 Å². The number of rotatable bonds is 6. The largest absolute Gasteiger partial charge is 0.352 e. The van der Waals surface area contributed by atoms with Gasteiger partial charge >= 0.3 is 0 Å². The van der Waals surface area contributed by atoms with E-state index in [1.54, 1.807) is 29.2 Å². The second kappa shape index (κ2) is 8.69. The molecule has 0 bridgehead atoms. The summed E-state index contributed by atoms with van der Waals surface area (Å²) in [6.45, 7) is 4.75. The molecule has 0 aliphatic carbocycles. The summed E-state index contributed by atoms with van der Waals surface area (Å²) in [6.07, 6.45) is 1.09. The molecule has 1 fully saturated rings. The number of hydrogen-bond donors (Lipinski definition) is 2. The third kappa shape index (κ3) is 4.22. The van der Waals surface area contributed by atoms with E-state index in [9.17, 15) is 14.4 Å². The van der Waals surface area contributed by atoms with Gasteiger partial charge in [-0.15, -0.1) is 0 Å². The Kier molecular flexibility index (Phi) is 6.09. The number of benzene rings is 2. The maximum absolute atomic E-state index is 12.7. The van der Waals surface area contributed by atoms with Crippen molar-refractivity contribution >= 4 is 29.1 Å². The summed E-state index contributed by atoms with van der Waals surface area (Å²) >= 11 is 0. The van der Waals surface area contributed by atoms with Gasteiger partial charge in [0.2, 0.25) is 11.8 Å². The van der Waals surface area contributed by atoms with Crippen LogP contribution in [0.2, 0.25) is 0 Å². The van der Waals surface area contributed by atoms with Crippen LogP contribution in [-0.2, 0) is 16.0 Å². The highest BCUT2D eigenvalue weighted by molar-refractivity contribution is 6.07. The normalized spacial score (nSPS) is 16.1. The Hall–Kier alpha value is -3.15. The van der Waals surface area contributed by atoms with Crippen LogP contribution < -0.4 is 15.5 Å². The lowest BCUT2D eigenvalue weighted by Gasteiger charge is -2.17. The van der Waals surface area contributed by atoms with Crippen LogP contribution in [0.4, 0.5) is 11.4 Å². The molecule has 2 N–H and O–H groups in total. The number of aryl methyl sites for hydroxylation is 1. The molecule has 1 atom stereocenters. The van der Waals surface area contributed by atoms with Crippen LogP contribution in [0.25, 0.3) is 0 Å². The number of nitrogens with one attached hydrogen (secondary N) is 2. The van der Waals surface area contributed by atoms with Gasteiger partial charge in [-0.25, -0.2) is 0 Å². The predicted octanol–water partition coefficient (Wildman–Crippen LogP) is 2.99. The van der Waals surface area contributed by atoms with E-state index in [0.29, 0.717) is 24.3 Å². The molecule has 1 aliphatic rings. The third-order valence-corrected chi connectivity index (χ3v) is 4.92. The van der Waals surface area contributed by atoms with Crippen molar-refractivity contribution in [1.82, 2.24) is 5.32 Å². The van der Waals surface area contributed by atoms with Crippen LogP contribution >= 0.6 is 0 Å². The standard InChI is InChI=1S/C22H25N3O3/c1-3-15-9-11-17(12-10-15)25-14-16(13-20(25)26)21(27)24-19-8-6-5-7-18(19)22(28)23-4-2/h5-12,16H,3-4,13-14H2,1-2H3,(H,23,28)(H,24,27)/t16-/m1/s1. The van der Waals surface area contributed by atoms with Gasteiger partial charge in [0.05, 0.1) is 17.2 Å². The summed E-state index contributed by atoms with van der Waals surface area (Å²) in [5.74, 6) is -1.02. The molecule has 0 aromatic heterocycles. The average molecular weight is 379 g/mol. The molecule has 3 rings (SSSR count). The summed E-state index contributed by atoms with van der Waals surface area (Å²) in [7, 11) is 0. The number of hydrogen-bond acceptors (Lipinski definition) is 3. The highest BCUT2D eigenvalue weighted by Crippen LogP contribution is 2.27. The summed E-state index contributed by atoms with van der Waals surface area (Å²) in [4.78, 5) is 39.0. The molecule has 1 heterocycles. The minimum absolute atomic E-state index is 0.0681. The first-order valence-electron chi connectivity index (χ1n) is 9.60. The van der Waals surface area contributed by atoms with Gasteiger partial charge in [0, 0.05) is 25.2 Å². The topological polar surface area (TPSA) is 78.5 Å². The number of carbonyl (C=O) groups excluding carboxylic acids is 3. The molecule has 1 aliphatic heterocycles. The highest BCUT2D eigenvalue weighted by Gasteiger charge is 2.35. The van der Waals surface area contributed by atoms with Gasteiger partial charge in [-0.1, -0.05) is 31.2 Å². The van der Waals surface area contributed by atoms with E-state index in [1.165, 1.54) is 5.56 Å². The highest BCUT2D eigenvalue weighted by atomic mass is 16.2. The third-order valence-electron chi connectivity index (χ3n) is 4.92. The fraction of sp³-hybridized carbons (Fsp3) is 0.318. The van der Waals surface area contributed by atoms with Gasteiger partial charge < -0.3 is 15.5 Å². The quantitative estimate of drug-likeness (QED) is 0.810. The lowest BCUT2D eigenvalue weighted by Crippen LogP contribution is -2.29. The SMILES string of the molecule is CCNC(=O)c1ccccc1NC(=O)[C@@H]1CC(=O)N(c2ccc(CC)cc2)C1. The average Bonchev–Trinajstić information content (AvgIpc) is 3.10. The van der Waals surface area contributed by atoms with Crippen LogP contribution in [-0.4, -0.2) is 30.8 Å². The maximum atomic E-state index is 12.7. The van der Waals surface area contributed by atoms with Crippen molar-refractivity contribution < 1.29 is 14.4 Å². The summed E-state index contributed by atoms with van der Waals surface area (Å²) in [5, 5.41) is 5.56. The summed E-state index contributed by atoms with van der Waals surface area (Å²) in [6, 6.07) is 14.7. The van der Waals surface area contributed by atoms with E-state index in [0.717, 1.165) is 12.1 Å². The van der Waals surface area contributed by atoms with Crippen LogP contribution in [0, 0.1) is 5.92 Å². The number of carbonyl (C=O) groups is 3. The fourth-order valence-corrected chi connectivity index (χ4v) is 3.33. The molecule has 146 valence electrons. The maximum Gasteiger partial charge on any atom is 0.253 e. The van der Waals surface area contributed by atoms with E-state index in [4.69, 9.17) is 0 Å². The summed E-state index contributed by atoms with van der Waals surface area (Å²) in [5.41, 5.74) is 2.87. The zero-order valence-electron chi connectivity index (χ0n) is 16.2. The molecule has 6 nitrogen and oxygen atoms in total. The molecule has 0 radical (unpaired) electrons. The van der Waals surface area contributed by atoms with Crippen LogP contribution in [0.5, 0.6) is 0 Å². The molecule has 2 aromatic rings. The van der Waals surface area contributed by atoms with E-state index in [-0.39, 0.29) is 24.1 Å². The lowest BCUT2D eigenvalue weighted by molar-refractivity contribution is -0.122. The molecule has 2 aromatic carbocycles. The molecule has 1 saturated heterocycles. The minimum atomic E-state index is -0.458. The second-order valence-electron chi connectivity index (χ2n) is 6.82. The van der Waals surface area contributed by atoms with E-state index < -0.39 is 5.92 Å². The molecule has 0 unspecified atom stereocenters. The Labute approximate surface area is 164 Å². The van der Waals surface area contributed by atoms with Crippen molar-refractivity contribution in [2.24, 2.45) is 5.92 Å². The number of para-hydroxylation sites is 1. The van der Waals surface area contributed by atoms with Crippen molar-refractivity contribution in [3.05, 3.63) is 59.7 Å². The Morgan fingerprint density at radius 2 is 1.79 bits per heavy atom. The van der Waals surface area contributed by atoms with Crippen molar-refractivity contribution in [3.8, 4) is 0 Å². The Morgan fingerprint density at radius 3 is 2.46 bits per heavy atom. The van der Waals surface area contributed by atoms with Crippen molar-refractivity contribution in [2.75, 3.05) is 23.3 Å². The lowest BCUT2D eigenvalue weighted by atomic mass is 10.1. The fourth-order valence-electron chi connectivity index (χ4n) is 3.33. The molecule has 0 spiro atoms. The molecular formula is C22H25N3O3. The predicted molar refractivity (Wildman–Crippen MR) is 109 cm³/mol. The number of anilines is 2. The van der Waals surface area contributed by atoms with E-state index in [1.807, 2.05) is 31.2 Å². The van der Waals surface area contributed by atoms with Gasteiger partial charge in [-0.05, 0) is 43.2 Å². The van der Waals surface area contributed by atoms with Crippen LogP contribution in [0.1, 0.15) is 36.2 Å². The number of nitrogens with zero attached hydrogens (tertiary/aromatic N) is 1. The van der Waals surface area contributed by atoms with Crippen LogP contribution in [0.3, 0.4) is 0 Å². The minimum Gasteiger partial charge on any atom is -0.352 e. The van der Waals surface area contributed by atoms with E-state index >= 15 is 0 Å². The smallest absolute Gasteiger partial charge is 0.253 e. The van der Waals surface area contributed by atoms with E-state index in [2.05, 4.69) is 17.6 Å². The van der Waals surface area contributed by atoms with Crippen molar-refractivity contribution in [3.63, 3.8) is 0 Å². The van der Waals surface area contributed by atoms with Crippen molar-refractivity contribution in [2.45, 2.75) is 26.7 Å². The van der Waals surface area contributed by atoms with Gasteiger partial charge in [-0.3, -0.25) is 14.4 Å². The first kappa shape index (κ1) is 19.6. The monoisotopic (exact) mass is 379 g/mol. The van der Waals surface area contributed by atoms with Gasteiger partial charge in [0.1, 0.15) is 0 Å². The van der Waals surface area contributed by atoms with Crippen molar-refractivity contribution in [1.29, 1.82) is 0 Å². The number of amides is 3. The zero-order valence-corrected chi connectivity index (χ0v) is 16.2. The second-order valence-corrected chi connectivity index (χ2v) is 6.82. The van der Waals surface area contributed by atoms with Gasteiger partial charge in [0.15, 0.2) is 0 Å². The molecular weight excluding hydrogens is 354 g/mol. The van der Waals surface area contributed by atoms with Gasteiger partial charge in [-0.2, -0.15) is 0 Å². The first-order valence-corrected chi connectivity index (χ1v) is 9.60. The Balaban J connectivity index is 1.71. The Bertz CT molecular complexity index is 877. The van der Waals surface area contributed by atoms with Crippen LogP contribution in [0.15, 0.2) is 48.5 Å². The summed E-state index contributed by atoms with van der Waals surface area (Å²) < 4.78 is 0. The molecule has 28 heavy (non-hydrogen) atoms. The Morgan fingerprint density at radius 1 is 1.07 bits per heavy atom. The first-order chi connectivity index (χ1) is 13.5.